The van der Waals surface area contributed by atoms with E-state index in [1.165, 1.54) is 18.3 Å². The summed E-state index contributed by atoms with van der Waals surface area (Å²) in [5.74, 6) is -1.05. The predicted octanol–water partition coefficient (Wildman–Crippen LogP) is 4.72. The second kappa shape index (κ2) is 9.15. The quantitative estimate of drug-likeness (QED) is 0.288. The Morgan fingerprint density at radius 3 is 2.50 bits per heavy atom. The van der Waals surface area contributed by atoms with Crippen LogP contribution in [0.3, 0.4) is 0 Å². The summed E-state index contributed by atoms with van der Waals surface area (Å²) in [6.07, 6.45) is 3.20. The van der Waals surface area contributed by atoms with E-state index in [-0.39, 0.29) is 29.7 Å². The van der Waals surface area contributed by atoms with Gasteiger partial charge in [0.05, 0.1) is 5.56 Å². The molecule has 32 heavy (non-hydrogen) atoms. The summed E-state index contributed by atoms with van der Waals surface area (Å²) in [6.45, 7) is 4.03. The molecule has 4 N–H and O–H groups in total. The van der Waals surface area contributed by atoms with Gasteiger partial charge in [-0.1, -0.05) is 19.9 Å². The van der Waals surface area contributed by atoms with Crippen LogP contribution in [-0.2, 0) is 4.79 Å². The van der Waals surface area contributed by atoms with Crippen LogP contribution in [0.15, 0.2) is 54.9 Å². The van der Waals surface area contributed by atoms with Gasteiger partial charge in [0.2, 0.25) is 0 Å². The smallest absolute Gasteiger partial charge is 0.289 e. The monoisotopic (exact) mass is 453 g/mol. The third kappa shape index (κ3) is 4.31. The van der Waals surface area contributed by atoms with Gasteiger partial charge in [-0.2, -0.15) is 0 Å². The molecule has 0 saturated heterocycles. The van der Waals surface area contributed by atoms with E-state index in [0.717, 1.165) is 5.56 Å². The van der Waals surface area contributed by atoms with Crippen LogP contribution < -0.4 is 11.1 Å². The molecular formula is C23H21ClFN5O2. The first-order chi connectivity index (χ1) is 14.8. The first kappa shape index (κ1) is 22.9. The van der Waals surface area contributed by atoms with Crippen molar-refractivity contribution in [2.24, 2.45) is 5.73 Å². The second-order valence-corrected chi connectivity index (χ2v) is 7.41. The Balaban J connectivity index is 0.00000289. The highest BCUT2D eigenvalue weighted by Crippen LogP contribution is 2.32. The zero-order valence-corrected chi connectivity index (χ0v) is 18.2. The molecule has 4 rings (SSSR count). The summed E-state index contributed by atoms with van der Waals surface area (Å²) in [5, 5.41) is 3.83. The maximum absolute atomic E-state index is 13.3. The molecule has 2 heterocycles. The topological polar surface area (TPSA) is 114 Å². The summed E-state index contributed by atoms with van der Waals surface area (Å²) in [7, 11) is 0. The highest BCUT2D eigenvalue weighted by Gasteiger charge is 2.20. The number of aromatic nitrogens is 3. The van der Waals surface area contributed by atoms with Gasteiger partial charge in [-0.25, -0.2) is 14.4 Å². The fraction of sp³-hybridized carbons (Fsp3) is 0.130. The van der Waals surface area contributed by atoms with Crippen molar-refractivity contribution < 1.29 is 14.0 Å². The normalized spacial score (nSPS) is 10.8. The van der Waals surface area contributed by atoms with Crippen LogP contribution in [0.1, 0.15) is 35.7 Å². The third-order valence-corrected chi connectivity index (χ3v) is 4.97. The van der Waals surface area contributed by atoms with Crippen LogP contribution in [0.5, 0.6) is 0 Å². The molecule has 0 aliphatic rings. The SMILES string of the molecule is CC(C)c1cnc(-c2ccc(F)cc2)nc1Nc1cccc2[nH]cc(C(=O)C(N)=O)c12.Cl. The van der Waals surface area contributed by atoms with Crippen molar-refractivity contribution in [1.82, 2.24) is 15.0 Å². The number of primary amides is 1. The van der Waals surface area contributed by atoms with Gasteiger partial charge in [-0.05, 0) is 42.3 Å². The number of amides is 1. The molecule has 9 heteroatoms. The van der Waals surface area contributed by atoms with Crippen molar-refractivity contribution in [1.29, 1.82) is 0 Å². The highest BCUT2D eigenvalue weighted by atomic mass is 35.5. The number of Topliss-reactive ketones (excluding diaryl/α,β-unsaturated/α-hetero) is 1. The van der Waals surface area contributed by atoms with Gasteiger partial charge in [-0.3, -0.25) is 9.59 Å². The summed E-state index contributed by atoms with van der Waals surface area (Å²) < 4.78 is 13.3. The Morgan fingerprint density at radius 2 is 1.84 bits per heavy atom. The van der Waals surface area contributed by atoms with E-state index in [4.69, 9.17) is 5.73 Å². The molecule has 0 aliphatic heterocycles. The number of nitrogens with one attached hydrogen (secondary N) is 2. The third-order valence-electron chi connectivity index (χ3n) is 4.97. The molecular weight excluding hydrogens is 433 g/mol. The van der Waals surface area contributed by atoms with Crippen LogP contribution in [-0.4, -0.2) is 26.6 Å². The van der Waals surface area contributed by atoms with Crippen LogP contribution >= 0.6 is 12.4 Å². The van der Waals surface area contributed by atoms with Crippen LogP contribution in [0.4, 0.5) is 15.9 Å². The van der Waals surface area contributed by atoms with Gasteiger partial charge in [0.25, 0.3) is 11.7 Å². The zero-order chi connectivity index (χ0) is 22.1. The Kier molecular flexibility index (Phi) is 6.55. The van der Waals surface area contributed by atoms with Gasteiger partial charge in [-0.15, -0.1) is 12.4 Å². The van der Waals surface area contributed by atoms with E-state index in [1.807, 2.05) is 19.9 Å². The lowest BCUT2D eigenvalue weighted by atomic mass is 10.0. The fourth-order valence-electron chi connectivity index (χ4n) is 3.38. The Morgan fingerprint density at radius 1 is 1.12 bits per heavy atom. The lowest BCUT2D eigenvalue weighted by Gasteiger charge is -2.16. The average molecular weight is 454 g/mol. The minimum absolute atomic E-state index is 0. The predicted molar refractivity (Wildman–Crippen MR) is 124 cm³/mol. The first-order valence-electron chi connectivity index (χ1n) is 9.69. The Bertz CT molecular complexity index is 1300. The number of nitrogens with two attached hydrogens (primary N) is 1. The number of rotatable bonds is 6. The molecule has 0 bridgehead atoms. The van der Waals surface area contributed by atoms with Gasteiger partial charge in [0.15, 0.2) is 5.82 Å². The molecule has 0 saturated carbocycles. The highest BCUT2D eigenvalue weighted by molar-refractivity contribution is 6.45. The molecule has 164 valence electrons. The number of hydrogen-bond acceptors (Lipinski definition) is 5. The van der Waals surface area contributed by atoms with Crippen molar-refractivity contribution in [2.75, 3.05) is 5.32 Å². The van der Waals surface area contributed by atoms with Crippen molar-refractivity contribution in [3.05, 3.63) is 71.8 Å². The molecule has 0 unspecified atom stereocenters. The molecule has 0 atom stereocenters. The Labute approximate surface area is 189 Å². The number of benzene rings is 2. The Hall–Kier alpha value is -3.78. The number of halogens is 2. The maximum atomic E-state index is 13.3. The summed E-state index contributed by atoms with van der Waals surface area (Å²) in [6, 6.07) is 11.3. The average Bonchev–Trinajstić information content (AvgIpc) is 3.18. The number of anilines is 2. The number of carbonyl (C=O) groups is 2. The van der Waals surface area contributed by atoms with Crippen molar-refractivity contribution in [3.8, 4) is 11.4 Å². The molecule has 1 amide bonds. The molecule has 7 nitrogen and oxygen atoms in total. The molecule has 4 aromatic rings. The molecule has 0 fully saturated rings. The van der Waals surface area contributed by atoms with Crippen molar-refractivity contribution in [3.63, 3.8) is 0 Å². The van der Waals surface area contributed by atoms with Gasteiger partial charge < -0.3 is 16.0 Å². The number of hydrogen-bond donors (Lipinski definition) is 3. The summed E-state index contributed by atoms with van der Waals surface area (Å²) in [4.78, 5) is 35.8. The zero-order valence-electron chi connectivity index (χ0n) is 17.3. The lowest BCUT2D eigenvalue weighted by Crippen LogP contribution is -2.22. The van der Waals surface area contributed by atoms with Crippen molar-refractivity contribution >= 4 is 46.5 Å². The number of nitrogens with zero attached hydrogens (tertiary/aromatic N) is 2. The number of ketones is 1. The molecule has 2 aromatic heterocycles. The van der Waals surface area contributed by atoms with E-state index in [0.29, 0.717) is 33.8 Å². The number of aromatic amines is 1. The fourth-order valence-corrected chi connectivity index (χ4v) is 3.38. The minimum Gasteiger partial charge on any atom is -0.363 e. The second-order valence-electron chi connectivity index (χ2n) is 7.41. The number of H-pyrrole nitrogens is 1. The first-order valence-corrected chi connectivity index (χ1v) is 9.69. The van der Waals surface area contributed by atoms with Crippen LogP contribution in [0, 0.1) is 5.82 Å². The van der Waals surface area contributed by atoms with E-state index < -0.39 is 11.7 Å². The van der Waals surface area contributed by atoms with Gasteiger partial charge in [0.1, 0.15) is 11.6 Å². The van der Waals surface area contributed by atoms with E-state index in [2.05, 4.69) is 20.3 Å². The maximum Gasteiger partial charge on any atom is 0.289 e. The van der Waals surface area contributed by atoms with Gasteiger partial charge in [0, 0.05) is 40.1 Å². The number of fused-ring (bicyclic) bond motifs is 1. The van der Waals surface area contributed by atoms with Crippen LogP contribution in [0.25, 0.3) is 22.3 Å². The number of carbonyl (C=O) groups excluding carboxylic acids is 2. The molecule has 0 spiro atoms. The summed E-state index contributed by atoms with van der Waals surface area (Å²) in [5.41, 5.74) is 8.19. The largest absolute Gasteiger partial charge is 0.363 e. The molecule has 2 aromatic carbocycles. The van der Waals surface area contributed by atoms with Crippen LogP contribution in [0.2, 0.25) is 0 Å². The van der Waals surface area contributed by atoms with E-state index >= 15 is 0 Å². The molecule has 0 radical (unpaired) electrons. The lowest BCUT2D eigenvalue weighted by molar-refractivity contribution is -0.114. The van der Waals surface area contributed by atoms with Crippen molar-refractivity contribution in [2.45, 2.75) is 19.8 Å². The minimum atomic E-state index is -1.03. The van der Waals surface area contributed by atoms with E-state index in [9.17, 15) is 14.0 Å². The standard InChI is InChI=1S/C23H20FN5O2.ClH/c1-12(2)15-10-27-22(13-6-8-14(24)9-7-13)29-23(15)28-18-5-3-4-17-19(18)16(11-26-17)20(30)21(25)31;/h3-12,26H,1-2H3,(H2,25,31)(H,27,28,29);1H. The summed E-state index contributed by atoms with van der Waals surface area (Å²) >= 11 is 0. The van der Waals surface area contributed by atoms with E-state index in [1.54, 1.807) is 30.5 Å². The van der Waals surface area contributed by atoms with Gasteiger partial charge >= 0.3 is 0 Å². The molecule has 0 aliphatic carbocycles.